The molecule has 0 spiro atoms. The van der Waals surface area contributed by atoms with Crippen LogP contribution in [0.1, 0.15) is 22.8 Å². The molecule has 1 aromatic carbocycles. The van der Waals surface area contributed by atoms with Crippen molar-refractivity contribution in [3.05, 3.63) is 42.2 Å². The summed E-state index contributed by atoms with van der Waals surface area (Å²) in [5.74, 6) is 0.721. The van der Waals surface area contributed by atoms with Gasteiger partial charge in [-0.3, -0.25) is 4.79 Å². The highest BCUT2D eigenvalue weighted by Crippen LogP contribution is 2.22. The zero-order valence-electron chi connectivity index (χ0n) is 11.3. The molecule has 0 saturated carbocycles. The Morgan fingerprint density at radius 2 is 2.15 bits per heavy atom. The molecule has 2 heterocycles. The number of amides is 1. The summed E-state index contributed by atoms with van der Waals surface area (Å²) in [6.45, 7) is 1.37. The van der Waals surface area contributed by atoms with Gasteiger partial charge in [-0.05, 0) is 24.6 Å². The molecule has 6 nitrogen and oxygen atoms in total. The normalized spacial score (nSPS) is 18.2. The number of rotatable bonds is 3. The van der Waals surface area contributed by atoms with Crippen LogP contribution in [0.25, 0.3) is 0 Å². The van der Waals surface area contributed by atoms with Gasteiger partial charge in [-0.1, -0.05) is 6.07 Å². The van der Waals surface area contributed by atoms with Crippen LogP contribution < -0.4 is 4.74 Å². The van der Waals surface area contributed by atoms with E-state index in [9.17, 15) is 4.79 Å². The van der Waals surface area contributed by atoms with Crippen LogP contribution in [0, 0.1) is 0 Å². The first-order valence-corrected chi connectivity index (χ1v) is 6.57. The van der Waals surface area contributed by atoms with Crippen LogP contribution in [0.3, 0.4) is 0 Å². The van der Waals surface area contributed by atoms with Gasteiger partial charge in [-0.25, -0.2) is 0 Å². The summed E-state index contributed by atoms with van der Waals surface area (Å²) >= 11 is 0. The van der Waals surface area contributed by atoms with Crippen molar-refractivity contribution in [3.8, 4) is 5.75 Å². The number of hydrogen-bond donors (Lipinski definition) is 0. The number of ether oxygens (including phenoxy) is 1. The predicted molar refractivity (Wildman–Crippen MR) is 72.6 cm³/mol. The molecule has 20 heavy (non-hydrogen) atoms. The van der Waals surface area contributed by atoms with Gasteiger partial charge in [0.25, 0.3) is 5.91 Å². The van der Waals surface area contributed by atoms with Crippen molar-refractivity contribution in [3.63, 3.8) is 0 Å². The fraction of sp³-hybridized carbons (Fsp3) is 0.357. The summed E-state index contributed by atoms with van der Waals surface area (Å²) in [5, 5.41) is 8.28. The predicted octanol–water partition coefficient (Wildman–Crippen LogP) is 1.37. The van der Waals surface area contributed by atoms with Gasteiger partial charge < -0.3 is 9.64 Å². The van der Waals surface area contributed by atoms with Crippen LogP contribution in [0.15, 0.2) is 36.7 Å². The number of carbonyl (C=O) groups is 1. The second-order valence-corrected chi connectivity index (χ2v) is 4.78. The Bertz CT molecular complexity index is 597. The summed E-state index contributed by atoms with van der Waals surface area (Å²) in [7, 11) is 1.60. The second-order valence-electron chi connectivity index (χ2n) is 4.78. The van der Waals surface area contributed by atoms with Crippen LogP contribution >= 0.6 is 0 Å². The summed E-state index contributed by atoms with van der Waals surface area (Å²) in [4.78, 5) is 16.0. The van der Waals surface area contributed by atoms with E-state index in [2.05, 4.69) is 10.2 Å². The summed E-state index contributed by atoms with van der Waals surface area (Å²) < 4.78 is 5.15. The van der Waals surface area contributed by atoms with Crippen LogP contribution in [0.5, 0.6) is 5.75 Å². The smallest absolute Gasteiger partial charge is 0.254 e. The van der Waals surface area contributed by atoms with E-state index in [0.29, 0.717) is 17.9 Å². The van der Waals surface area contributed by atoms with Gasteiger partial charge in [0, 0.05) is 18.7 Å². The van der Waals surface area contributed by atoms with Gasteiger partial charge >= 0.3 is 0 Å². The molecule has 1 fully saturated rings. The molecule has 0 aliphatic carbocycles. The van der Waals surface area contributed by atoms with E-state index in [1.807, 2.05) is 23.1 Å². The number of nitrogens with zero attached hydrogens (tertiary/aromatic N) is 4. The summed E-state index contributed by atoms with van der Waals surface area (Å²) in [5.41, 5.74) is 0.651. The van der Waals surface area contributed by atoms with Crippen LogP contribution in [-0.2, 0) is 0 Å². The van der Waals surface area contributed by atoms with E-state index in [0.717, 1.165) is 13.0 Å². The monoisotopic (exact) mass is 272 g/mol. The SMILES string of the molecule is COc1cccc(C(=O)N2CCC(n3nccn3)C2)c1. The molecule has 3 rings (SSSR count). The Balaban J connectivity index is 1.72. The van der Waals surface area contributed by atoms with Crippen molar-refractivity contribution in [1.29, 1.82) is 0 Å². The number of aromatic nitrogens is 3. The number of likely N-dealkylation sites (tertiary alicyclic amines) is 1. The number of hydrogen-bond acceptors (Lipinski definition) is 4. The number of methoxy groups -OCH3 is 1. The fourth-order valence-electron chi connectivity index (χ4n) is 2.47. The van der Waals surface area contributed by atoms with Gasteiger partial charge in [0.1, 0.15) is 5.75 Å². The molecule has 6 heteroatoms. The second kappa shape index (κ2) is 5.32. The van der Waals surface area contributed by atoms with Crippen LogP contribution in [0.2, 0.25) is 0 Å². The Kier molecular flexibility index (Phi) is 3.37. The molecular formula is C14H16N4O2. The maximum absolute atomic E-state index is 12.5. The van der Waals surface area contributed by atoms with E-state index in [4.69, 9.17) is 4.74 Å². The van der Waals surface area contributed by atoms with Gasteiger partial charge in [0.2, 0.25) is 0 Å². The molecule has 2 aromatic rings. The first-order valence-electron chi connectivity index (χ1n) is 6.57. The van der Waals surface area contributed by atoms with E-state index in [1.54, 1.807) is 30.4 Å². The molecule has 0 N–H and O–H groups in total. The topological polar surface area (TPSA) is 60.2 Å². The van der Waals surface area contributed by atoms with E-state index in [-0.39, 0.29) is 11.9 Å². The first-order chi connectivity index (χ1) is 9.78. The number of benzene rings is 1. The largest absolute Gasteiger partial charge is 0.497 e. The number of carbonyl (C=O) groups excluding carboxylic acids is 1. The van der Waals surface area contributed by atoms with Crippen molar-refractivity contribution in [1.82, 2.24) is 19.9 Å². The minimum Gasteiger partial charge on any atom is -0.497 e. The van der Waals surface area contributed by atoms with Gasteiger partial charge in [0.05, 0.1) is 25.5 Å². The lowest BCUT2D eigenvalue weighted by molar-refractivity contribution is 0.0786. The molecule has 0 bridgehead atoms. The van der Waals surface area contributed by atoms with Crippen LogP contribution in [-0.4, -0.2) is 46.0 Å². The molecule has 1 amide bonds. The van der Waals surface area contributed by atoms with Gasteiger partial charge in [-0.15, -0.1) is 0 Å². The standard InChI is InChI=1S/C14H16N4O2/c1-20-13-4-2-3-11(9-13)14(19)17-8-5-12(10-17)18-15-6-7-16-18/h2-4,6-7,9,12H,5,8,10H2,1H3. The highest BCUT2D eigenvalue weighted by molar-refractivity contribution is 5.94. The van der Waals surface area contributed by atoms with Gasteiger partial charge in [0.15, 0.2) is 0 Å². The Morgan fingerprint density at radius 1 is 1.35 bits per heavy atom. The minimum atomic E-state index is 0.0264. The maximum atomic E-state index is 12.5. The first kappa shape index (κ1) is 12.7. The zero-order chi connectivity index (χ0) is 13.9. The van der Waals surface area contributed by atoms with Crippen molar-refractivity contribution in [2.75, 3.05) is 20.2 Å². The third kappa shape index (κ3) is 2.36. The molecular weight excluding hydrogens is 256 g/mol. The zero-order valence-corrected chi connectivity index (χ0v) is 11.3. The van der Waals surface area contributed by atoms with Gasteiger partial charge in [-0.2, -0.15) is 15.0 Å². The molecule has 1 unspecified atom stereocenters. The molecule has 1 atom stereocenters. The molecule has 0 radical (unpaired) electrons. The Morgan fingerprint density at radius 3 is 2.90 bits per heavy atom. The molecule has 1 saturated heterocycles. The van der Waals surface area contributed by atoms with E-state index < -0.39 is 0 Å². The van der Waals surface area contributed by atoms with Crippen molar-refractivity contribution in [2.45, 2.75) is 12.5 Å². The molecule has 1 aliphatic rings. The third-order valence-corrected chi connectivity index (χ3v) is 3.53. The van der Waals surface area contributed by atoms with Crippen molar-refractivity contribution in [2.24, 2.45) is 0 Å². The Labute approximate surface area is 117 Å². The third-order valence-electron chi connectivity index (χ3n) is 3.53. The van der Waals surface area contributed by atoms with Crippen LogP contribution in [0.4, 0.5) is 0 Å². The fourth-order valence-corrected chi connectivity index (χ4v) is 2.47. The lowest BCUT2D eigenvalue weighted by atomic mass is 10.2. The van der Waals surface area contributed by atoms with Crippen molar-refractivity contribution < 1.29 is 9.53 Å². The minimum absolute atomic E-state index is 0.0264. The van der Waals surface area contributed by atoms with E-state index in [1.165, 1.54) is 0 Å². The molecule has 104 valence electrons. The lowest BCUT2D eigenvalue weighted by Crippen LogP contribution is -2.29. The quantitative estimate of drug-likeness (QED) is 0.846. The molecule has 1 aromatic heterocycles. The lowest BCUT2D eigenvalue weighted by Gasteiger charge is -2.16. The highest BCUT2D eigenvalue weighted by Gasteiger charge is 2.29. The van der Waals surface area contributed by atoms with Crippen molar-refractivity contribution >= 4 is 5.91 Å². The van der Waals surface area contributed by atoms with E-state index >= 15 is 0 Å². The highest BCUT2D eigenvalue weighted by atomic mass is 16.5. The average Bonchev–Trinajstić information content (AvgIpc) is 3.17. The summed E-state index contributed by atoms with van der Waals surface area (Å²) in [6, 6.07) is 7.40. The maximum Gasteiger partial charge on any atom is 0.254 e. The molecule has 1 aliphatic heterocycles. The average molecular weight is 272 g/mol. The Hall–Kier alpha value is -2.37. The summed E-state index contributed by atoms with van der Waals surface area (Å²) in [6.07, 6.45) is 4.20.